The molecule has 1 unspecified atom stereocenters. The monoisotopic (exact) mass is 1050 g/mol. The molecule has 0 radical (unpaired) electrons. The van der Waals surface area contributed by atoms with Crippen LogP contribution in [0.5, 0.6) is 0 Å². The predicted octanol–water partition coefficient (Wildman–Crippen LogP) is 9.40. The maximum atomic E-state index is 13.1. The Balaban J connectivity index is 2.75. The highest BCUT2D eigenvalue weighted by Gasteiger charge is 2.56. The second-order valence-electron chi connectivity index (χ2n) is 17.4. The van der Waals surface area contributed by atoms with Gasteiger partial charge in [0, 0.05) is 12.8 Å². The lowest BCUT2D eigenvalue weighted by Crippen LogP contribution is -2.65. The summed E-state index contributed by atoms with van der Waals surface area (Å²) >= 11 is 0. The van der Waals surface area contributed by atoms with Gasteiger partial charge >= 0.3 is 35.4 Å². The quantitative estimate of drug-likeness (QED) is 0.0122. The van der Waals surface area contributed by atoms with E-state index in [1.54, 1.807) is 0 Å². The van der Waals surface area contributed by atoms with Crippen LogP contribution in [-0.4, -0.2) is 108 Å². The number of hydrogen-bond donors (Lipinski definition) is 8. The van der Waals surface area contributed by atoms with Gasteiger partial charge in [0.15, 0.2) is 6.10 Å². The van der Waals surface area contributed by atoms with Crippen molar-refractivity contribution in [2.75, 3.05) is 13.2 Å². The van der Waals surface area contributed by atoms with Crippen LogP contribution in [0.25, 0.3) is 0 Å². The van der Waals surface area contributed by atoms with Crippen molar-refractivity contribution in [3.05, 3.63) is 48.6 Å². The highest BCUT2D eigenvalue weighted by Crippen LogP contribution is 2.51. The van der Waals surface area contributed by atoms with Crippen LogP contribution in [0.3, 0.4) is 0 Å². The fraction of sp³-hybridized carbons (Fsp3) is 0.787. The Morgan fingerprint density at radius 1 is 0.464 bits per heavy atom. The average molecular weight is 1050 g/mol. The summed E-state index contributed by atoms with van der Waals surface area (Å²) in [5.41, 5.74) is 0. The van der Waals surface area contributed by atoms with Gasteiger partial charge in [0.2, 0.25) is 0 Å². The Hall–Kier alpha value is -1.89. The maximum Gasteiger partial charge on any atom is 0.472 e. The second kappa shape index (κ2) is 38.7. The number of carbonyl (C=O) groups excluding carboxylic acids is 2. The molecule has 19 nitrogen and oxygen atoms in total. The summed E-state index contributed by atoms with van der Waals surface area (Å²) in [6.07, 6.45) is 25.6. The van der Waals surface area contributed by atoms with Crippen molar-refractivity contribution in [3.8, 4) is 0 Å². The van der Waals surface area contributed by atoms with Gasteiger partial charge in [-0.1, -0.05) is 165 Å². The van der Waals surface area contributed by atoms with E-state index in [1.165, 1.54) is 83.5 Å². The molecule has 1 fully saturated rings. The molecule has 69 heavy (non-hydrogen) atoms. The van der Waals surface area contributed by atoms with E-state index in [0.717, 1.165) is 44.9 Å². The molecule has 22 heteroatoms. The number of aliphatic hydroxyl groups is 3. The number of unbranched alkanes of at least 4 members (excludes halogenated alkanes) is 18. The van der Waals surface area contributed by atoms with Crippen molar-refractivity contribution in [1.29, 1.82) is 0 Å². The van der Waals surface area contributed by atoms with Crippen molar-refractivity contribution in [2.24, 2.45) is 0 Å². The third-order valence-corrected chi connectivity index (χ3v) is 13.2. The van der Waals surface area contributed by atoms with Crippen LogP contribution >= 0.6 is 23.5 Å². The van der Waals surface area contributed by atoms with Crippen LogP contribution in [0.2, 0.25) is 0 Å². The van der Waals surface area contributed by atoms with E-state index < -0.39 is 91.3 Å². The number of carbonyl (C=O) groups is 2. The Morgan fingerprint density at radius 2 is 0.855 bits per heavy atom. The molecule has 8 atom stereocenters. The van der Waals surface area contributed by atoms with Crippen molar-refractivity contribution < 1.29 is 90.6 Å². The molecule has 402 valence electrons. The van der Waals surface area contributed by atoms with Crippen molar-refractivity contribution in [1.82, 2.24) is 0 Å². The van der Waals surface area contributed by atoms with Crippen molar-refractivity contribution in [2.45, 2.75) is 224 Å². The fourth-order valence-electron chi connectivity index (χ4n) is 7.40. The minimum Gasteiger partial charge on any atom is -0.462 e. The zero-order valence-electron chi connectivity index (χ0n) is 40.9. The van der Waals surface area contributed by atoms with Crippen LogP contribution in [-0.2, 0) is 50.9 Å². The molecule has 0 aromatic carbocycles. The summed E-state index contributed by atoms with van der Waals surface area (Å²) < 4.78 is 65.5. The molecule has 1 rings (SSSR count). The van der Waals surface area contributed by atoms with Gasteiger partial charge < -0.3 is 49.3 Å². The van der Waals surface area contributed by atoms with Gasteiger partial charge in [-0.05, 0) is 51.4 Å². The molecule has 0 heterocycles. The maximum absolute atomic E-state index is 13.1. The van der Waals surface area contributed by atoms with Crippen LogP contribution in [0.1, 0.15) is 181 Å². The zero-order chi connectivity index (χ0) is 51.4. The zero-order valence-corrected chi connectivity index (χ0v) is 43.6. The van der Waals surface area contributed by atoms with Gasteiger partial charge in [-0.2, -0.15) is 0 Å². The average Bonchev–Trinajstić information content (AvgIpc) is 3.28. The van der Waals surface area contributed by atoms with Gasteiger partial charge in [-0.15, -0.1) is 0 Å². The van der Waals surface area contributed by atoms with E-state index in [0.29, 0.717) is 25.7 Å². The largest absolute Gasteiger partial charge is 0.472 e. The molecule has 1 aliphatic carbocycles. The van der Waals surface area contributed by atoms with E-state index in [2.05, 4.69) is 53.3 Å². The molecule has 0 amide bonds. The molecule has 1 aliphatic rings. The Labute approximate surface area is 410 Å². The SMILES string of the molecule is CCCCC/C=C\C/C=C/C/C=C/C/C=C/CCCC(=O)O[C@@H](COC(=O)CCCCCCCCCCCCCCCCC)COP(=O)(O)O[C@@H]1[C@H](O)[C@H](O)[C@H](OP(=O)(O)O)[C@@H](OP(=O)(O)O)[C@H]1O. The van der Waals surface area contributed by atoms with Crippen LogP contribution in [0, 0.1) is 0 Å². The van der Waals surface area contributed by atoms with E-state index in [9.17, 15) is 63.1 Å². The summed E-state index contributed by atoms with van der Waals surface area (Å²) in [5.74, 6) is -1.36. The number of phosphoric acid groups is 3. The van der Waals surface area contributed by atoms with Gasteiger partial charge in [0.25, 0.3) is 0 Å². The molecule has 0 spiro atoms. The molecule has 0 saturated heterocycles. The Bertz CT molecular complexity index is 1630. The number of phosphoric ester groups is 3. The smallest absolute Gasteiger partial charge is 0.462 e. The molecule has 0 bridgehead atoms. The first-order chi connectivity index (χ1) is 32.8. The van der Waals surface area contributed by atoms with Gasteiger partial charge in [0.05, 0.1) is 6.61 Å². The highest BCUT2D eigenvalue weighted by atomic mass is 31.2. The van der Waals surface area contributed by atoms with Crippen LogP contribution in [0.15, 0.2) is 48.6 Å². The van der Waals surface area contributed by atoms with Crippen molar-refractivity contribution >= 4 is 35.4 Å². The first-order valence-corrected chi connectivity index (χ1v) is 29.5. The lowest BCUT2D eigenvalue weighted by atomic mass is 9.85. The number of ether oxygens (including phenoxy) is 2. The summed E-state index contributed by atoms with van der Waals surface area (Å²) in [7, 11) is -16.6. The van der Waals surface area contributed by atoms with Crippen molar-refractivity contribution in [3.63, 3.8) is 0 Å². The Morgan fingerprint density at radius 3 is 1.33 bits per heavy atom. The van der Waals surface area contributed by atoms with Gasteiger partial charge in [-0.25, -0.2) is 13.7 Å². The van der Waals surface area contributed by atoms with E-state index in [-0.39, 0.29) is 12.8 Å². The fourth-order valence-corrected chi connectivity index (χ4v) is 9.50. The molecule has 1 saturated carbocycles. The van der Waals surface area contributed by atoms with Gasteiger partial charge in [0.1, 0.15) is 43.2 Å². The first-order valence-electron chi connectivity index (χ1n) is 24.9. The topological polar surface area (TPSA) is 303 Å². The van der Waals surface area contributed by atoms with Gasteiger partial charge in [-0.3, -0.25) is 27.7 Å². The molecule has 8 N–H and O–H groups in total. The molecular formula is C47H85O19P3. The van der Waals surface area contributed by atoms with E-state index >= 15 is 0 Å². The first kappa shape index (κ1) is 65.1. The number of aliphatic hydroxyl groups excluding tert-OH is 3. The second-order valence-corrected chi connectivity index (χ2v) is 21.2. The minimum absolute atomic E-state index is 0.0703. The number of esters is 2. The lowest BCUT2D eigenvalue weighted by Gasteiger charge is -2.44. The predicted molar refractivity (Wildman–Crippen MR) is 261 cm³/mol. The summed E-state index contributed by atoms with van der Waals surface area (Å²) in [6.45, 7) is 2.88. The third kappa shape index (κ3) is 35.0. The van der Waals surface area contributed by atoms with Crippen LogP contribution < -0.4 is 0 Å². The third-order valence-electron chi connectivity index (χ3n) is 11.1. The molecule has 0 aliphatic heterocycles. The van der Waals surface area contributed by atoms with E-state index in [4.69, 9.17) is 18.5 Å². The summed E-state index contributed by atoms with van der Waals surface area (Å²) in [4.78, 5) is 73.3. The number of allylic oxidation sites excluding steroid dienone is 8. The molecule has 0 aromatic rings. The molecular weight excluding hydrogens is 961 g/mol. The van der Waals surface area contributed by atoms with E-state index in [1.807, 2.05) is 18.2 Å². The van der Waals surface area contributed by atoms with Crippen LogP contribution in [0.4, 0.5) is 0 Å². The summed E-state index contributed by atoms with van der Waals surface area (Å²) in [5, 5.41) is 31.9. The highest BCUT2D eigenvalue weighted by molar-refractivity contribution is 7.47. The lowest BCUT2D eigenvalue weighted by molar-refractivity contribution is -0.213. The minimum atomic E-state index is -5.61. The number of rotatable bonds is 42. The number of hydrogen-bond acceptors (Lipinski definition) is 14. The molecule has 0 aromatic heterocycles. The normalized spacial score (nSPS) is 21.7. The Kier molecular flexibility index (Phi) is 36.5. The summed E-state index contributed by atoms with van der Waals surface area (Å²) in [6, 6.07) is 0. The standard InChI is InChI=1S/C47H85O19P3/c1-3-5-7-9-11-13-15-17-19-20-22-24-26-28-30-32-34-36-41(49)63-39(37-61-40(48)35-33-31-29-27-25-23-21-18-16-14-12-10-8-6-4-2)38-62-69(59,60)66-45-42(50)43(51)46(64-67(53,54)55)47(44(45)52)65-68(56,57)58/h11,13,17,19,22,24,28,30,39,42-47,50-52H,3-10,12,14-16,18,20-21,23,25-27,29,31-38H2,1-2H3,(H,59,60)(H2,53,54,55)(H2,56,57,58)/b13-11-,19-17+,24-22+,30-28+/t39-,42+,43-,44-,45+,46-,47-/m0/s1.